The molecule has 1 aromatic rings. The van der Waals surface area contributed by atoms with E-state index in [9.17, 15) is 14.9 Å². The first-order chi connectivity index (χ1) is 8.08. The maximum atomic E-state index is 11.3. The zero-order chi connectivity index (χ0) is 12.8. The summed E-state index contributed by atoms with van der Waals surface area (Å²) in [7, 11) is 1.37. The summed E-state index contributed by atoms with van der Waals surface area (Å²) < 4.78 is 4.96. The molecule has 0 aliphatic carbocycles. The number of nitro benzene ring substituents is 1. The molecule has 0 saturated heterocycles. The van der Waals surface area contributed by atoms with Gasteiger partial charge in [0.15, 0.2) is 0 Å². The molecule has 6 nitrogen and oxygen atoms in total. The van der Waals surface area contributed by atoms with Crippen LogP contribution in [0.15, 0.2) is 18.2 Å². The molecule has 1 rings (SSSR count). The summed E-state index contributed by atoms with van der Waals surface area (Å²) in [6.45, 7) is 0. The number of nitrogens with zero attached hydrogens (tertiary/aromatic N) is 1. The summed E-state index contributed by atoms with van der Waals surface area (Å²) in [5.41, 5.74) is 0.283. The average Bonchev–Trinajstić information content (AvgIpc) is 2.29. The van der Waals surface area contributed by atoms with Crippen molar-refractivity contribution in [2.24, 2.45) is 0 Å². The minimum atomic E-state index is -0.535. The maximum Gasteiger partial charge on any atom is 0.273 e. The largest absolute Gasteiger partial charge is 0.494 e. The lowest BCUT2D eigenvalue weighted by Gasteiger charge is -2.09. The molecule has 17 heavy (non-hydrogen) atoms. The molecule has 0 aliphatic heterocycles. The van der Waals surface area contributed by atoms with Crippen molar-refractivity contribution >= 4 is 28.9 Å². The minimum Gasteiger partial charge on any atom is -0.494 e. The standard InChI is InChI=1S/C10H11ClN2O4/c1-17-9-6-7(13(15)16)2-3-8(9)12-10(14)4-5-11/h2-3,6H,4-5H2,1H3,(H,12,14). The smallest absolute Gasteiger partial charge is 0.273 e. The van der Waals surface area contributed by atoms with Crippen molar-refractivity contribution in [3.8, 4) is 5.75 Å². The van der Waals surface area contributed by atoms with Crippen molar-refractivity contribution < 1.29 is 14.5 Å². The van der Waals surface area contributed by atoms with Crippen LogP contribution in [0.2, 0.25) is 0 Å². The lowest BCUT2D eigenvalue weighted by molar-refractivity contribution is -0.384. The van der Waals surface area contributed by atoms with Crippen molar-refractivity contribution in [1.82, 2.24) is 0 Å². The fourth-order valence-corrected chi connectivity index (χ4v) is 1.37. The van der Waals surface area contributed by atoms with Crippen molar-refractivity contribution in [2.75, 3.05) is 18.3 Å². The molecule has 0 spiro atoms. The van der Waals surface area contributed by atoms with E-state index in [0.29, 0.717) is 5.69 Å². The number of amides is 1. The monoisotopic (exact) mass is 258 g/mol. The van der Waals surface area contributed by atoms with E-state index >= 15 is 0 Å². The number of rotatable bonds is 5. The summed E-state index contributed by atoms with van der Waals surface area (Å²) in [5, 5.41) is 13.1. The third kappa shape index (κ3) is 3.60. The van der Waals surface area contributed by atoms with Crippen LogP contribution >= 0.6 is 11.6 Å². The molecule has 0 heterocycles. The average molecular weight is 259 g/mol. The number of nitrogens with one attached hydrogen (secondary N) is 1. The first kappa shape index (κ1) is 13.2. The number of halogens is 1. The van der Waals surface area contributed by atoms with Crippen LogP contribution in [-0.4, -0.2) is 23.8 Å². The molecule has 92 valence electrons. The Bertz CT molecular complexity index is 436. The third-order valence-corrected chi connectivity index (χ3v) is 2.18. The second-order valence-electron chi connectivity index (χ2n) is 3.13. The van der Waals surface area contributed by atoms with Crippen LogP contribution in [0.25, 0.3) is 0 Å². The molecule has 7 heteroatoms. The van der Waals surface area contributed by atoms with Gasteiger partial charge in [-0.15, -0.1) is 11.6 Å². The summed E-state index contributed by atoms with van der Waals surface area (Å²) in [4.78, 5) is 21.3. The number of non-ortho nitro benzene ring substituents is 1. The molecule has 0 fully saturated rings. The van der Waals surface area contributed by atoms with Gasteiger partial charge in [-0.1, -0.05) is 0 Å². The molecule has 0 bridgehead atoms. The SMILES string of the molecule is COc1cc([N+](=O)[O-])ccc1NC(=O)CCCl. The van der Waals surface area contributed by atoms with Crippen molar-refractivity contribution in [3.05, 3.63) is 28.3 Å². The van der Waals surface area contributed by atoms with Crippen LogP contribution in [0.5, 0.6) is 5.75 Å². The van der Waals surface area contributed by atoms with E-state index in [0.717, 1.165) is 0 Å². The highest BCUT2D eigenvalue weighted by Crippen LogP contribution is 2.28. The fraction of sp³-hybridized carbons (Fsp3) is 0.300. The van der Waals surface area contributed by atoms with Crippen LogP contribution in [0, 0.1) is 10.1 Å². The van der Waals surface area contributed by atoms with Crippen molar-refractivity contribution in [1.29, 1.82) is 0 Å². The number of methoxy groups -OCH3 is 1. The number of nitro groups is 1. The maximum absolute atomic E-state index is 11.3. The number of carbonyl (C=O) groups excluding carboxylic acids is 1. The normalized spacial score (nSPS) is 9.76. The highest BCUT2D eigenvalue weighted by molar-refractivity contribution is 6.19. The number of hydrogen-bond donors (Lipinski definition) is 1. The van der Waals surface area contributed by atoms with E-state index in [-0.39, 0.29) is 29.6 Å². The predicted octanol–water partition coefficient (Wildman–Crippen LogP) is 2.17. The Morgan fingerprint density at radius 2 is 2.29 bits per heavy atom. The van der Waals surface area contributed by atoms with E-state index in [2.05, 4.69) is 5.32 Å². The molecule has 1 N–H and O–H groups in total. The Hall–Kier alpha value is -1.82. The summed E-state index contributed by atoms with van der Waals surface area (Å²) >= 11 is 5.42. The van der Waals surface area contributed by atoms with E-state index in [4.69, 9.17) is 16.3 Å². The van der Waals surface area contributed by atoms with E-state index in [1.165, 1.54) is 25.3 Å². The van der Waals surface area contributed by atoms with Crippen molar-refractivity contribution in [3.63, 3.8) is 0 Å². The molecule has 1 aromatic carbocycles. The molecule has 1 amide bonds. The van der Waals surface area contributed by atoms with Crippen LogP contribution in [-0.2, 0) is 4.79 Å². The molecule has 0 aliphatic rings. The lowest BCUT2D eigenvalue weighted by Crippen LogP contribution is -2.12. The number of hydrogen-bond acceptors (Lipinski definition) is 4. The van der Waals surface area contributed by atoms with Gasteiger partial charge in [-0.05, 0) is 6.07 Å². The van der Waals surface area contributed by atoms with Gasteiger partial charge in [-0.2, -0.15) is 0 Å². The van der Waals surface area contributed by atoms with Gasteiger partial charge in [0.1, 0.15) is 5.75 Å². The van der Waals surface area contributed by atoms with Crippen LogP contribution in [0.1, 0.15) is 6.42 Å². The highest BCUT2D eigenvalue weighted by Gasteiger charge is 2.12. The van der Waals surface area contributed by atoms with Crippen LogP contribution in [0.4, 0.5) is 11.4 Å². The first-order valence-corrected chi connectivity index (χ1v) is 5.30. The third-order valence-electron chi connectivity index (χ3n) is 1.99. The molecule has 0 aromatic heterocycles. The molecular formula is C10H11ClN2O4. The topological polar surface area (TPSA) is 81.5 Å². The summed E-state index contributed by atoms with van der Waals surface area (Å²) in [5.74, 6) is 0.176. The Kier molecular flexibility index (Phi) is 4.71. The number of alkyl halides is 1. The molecule has 0 radical (unpaired) electrons. The Labute approximate surface area is 103 Å². The van der Waals surface area contributed by atoms with Gasteiger partial charge in [0.2, 0.25) is 5.91 Å². The van der Waals surface area contributed by atoms with Crippen LogP contribution in [0.3, 0.4) is 0 Å². The number of ether oxygens (including phenoxy) is 1. The number of carbonyl (C=O) groups is 1. The summed E-state index contributed by atoms with van der Waals surface area (Å²) in [6, 6.07) is 3.96. The Morgan fingerprint density at radius 3 is 2.82 bits per heavy atom. The van der Waals surface area contributed by atoms with Crippen LogP contribution < -0.4 is 10.1 Å². The molecule has 0 saturated carbocycles. The molecular weight excluding hydrogens is 248 g/mol. The van der Waals surface area contributed by atoms with Gasteiger partial charge in [0.25, 0.3) is 5.69 Å². The highest BCUT2D eigenvalue weighted by atomic mass is 35.5. The van der Waals surface area contributed by atoms with Gasteiger partial charge in [0.05, 0.1) is 23.8 Å². The lowest BCUT2D eigenvalue weighted by atomic mass is 10.2. The Balaban J connectivity index is 2.92. The van der Waals surface area contributed by atoms with Gasteiger partial charge in [-0.3, -0.25) is 14.9 Å². The number of benzene rings is 1. The van der Waals surface area contributed by atoms with Gasteiger partial charge >= 0.3 is 0 Å². The second-order valence-corrected chi connectivity index (χ2v) is 3.51. The zero-order valence-electron chi connectivity index (χ0n) is 9.10. The predicted molar refractivity (Wildman–Crippen MR) is 63.6 cm³/mol. The zero-order valence-corrected chi connectivity index (χ0v) is 9.86. The second kappa shape index (κ2) is 6.05. The summed E-state index contributed by atoms with van der Waals surface area (Å²) in [6.07, 6.45) is 0.168. The van der Waals surface area contributed by atoms with Gasteiger partial charge in [-0.25, -0.2) is 0 Å². The quantitative estimate of drug-likeness (QED) is 0.498. The van der Waals surface area contributed by atoms with Crippen molar-refractivity contribution in [2.45, 2.75) is 6.42 Å². The first-order valence-electron chi connectivity index (χ1n) is 4.76. The molecule has 0 atom stereocenters. The number of anilines is 1. The Morgan fingerprint density at radius 1 is 1.59 bits per heavy atom. The fourth-order valence-electron chi connectivity index (χ4n) is 1.20. The van der Waals surface area contributed by atoms with E-state index in [1.807, 2.05) is 0 Å². The minimum absolute atomic E-state index is 0.0998. The van der Waals surface area contributed by atoms with E-state index < -0.39 is 4.92 Å². The molecule has 0 unspecified atom stereocenters. The van der Waals surface area contributed by atoms with Gasteiger partial charge in [0, 0.05) is 18.4 Å². The van der Waals surface area contributed by atoms with Gasteiger partial charge < -0.3 is 10.1 Å². The van der Waals surface area contributed by atoms with E-state index in [1.54, 1.807) is 0 Å².